The molecular formula is C28H32N4O4S. The number of benzene rings is 2. The van der Waals surface area contributed by atoms with E-state index in [0.717, 1.165) is 32.8 Å². The second-order valence-corrected chi connectivity index (χ2v) is 11.2. The number of aromatic nitrogens is 1. The molecule has 3 atom stereocenters. The number of carbonyl (C=O) groups excluding carboxylic acids is 2. The normalized spacial score (nSPS) is 21.8. The van der Waals surface area contributed by atoms with Crippen LogP contribution in [0.1, 0.15) is 48.9 Å². The summed E-state index contributed by atoms with van der Waals surface area (Å²) in [5, 5.41) is 24.2. The van der Waals surface area contributed by atoms with E-state index in [2.05, 4.69) is 10.3 Å². The van der Waals surface area contributed by atoms with Crippen LogP contribution in [-0.2, 0) is 22.7 Å². The zero-order valence-electron chi connectivity index (χ0n) is 21.2. The molecule has 1 unspecified atom stereocenters. The quantitative estimate of drug-likeness (QED) is 0.462. The van der Waals surface area contributed by atoms with Crippen molar-refractivity contribution in [1.29, 1.82) is 0 Å². The lowest BCUT2D eigenvalue weighted by Gasteiger charge is -2.40. The number of β-amino-alcohol motifs (C(OH)–C–C–N with tert-alkyl or cyclic N) is 1. The molecule has 2 amide bonds. The lowest BCUT2D eigenvalue weighted by molar-refractivity contribution is -0.154. The fourth-order valence-corrected chi connectivity index (χ4v) is 6.10. The average molecular weight is 521 g/mol. The Morgan fingerprint density at radius 2 is 1.86 bits per heavy atom. The van der Waals surface area contributed by atoms with E-state index in [1.165, 1.54) is 4.90 Å². The van der Waals surface area contributed by atoms with E-state index in [0.29, 0.717) is 13.1 Å². The van der Waals surface area contributed by atoms with Gasteiger partial charge < -0.3 is 20.4 Å². The van der Waals surface area contributed by atoms with Crippen molar-refractivity contribution in [3.05, 3.63) is 76.4 Å². The fraction of sp³-hybridized carbons (Fsp3) is 0.393. The Balaban J connectivity index is 1.25. The number of likely N-dealkylation sites (tertiary alicyclic amines) is 1. The molecule has 3 N–H and O–H groups in total. The van der Waals surface area contributed by atoms with Gasteiger partial charge in [-0.1, -0.05) is 48.5 Å². The average Bonchev–Trinajstić information content (AvgIpc) is 3.59. The van der Waals surface area contributed by atoms with Crippen LogP contribution in [0.2, 0.25) is 0 Å². The summed E-state index contributed by atoms with van der Waals surface area (Å²) in [6.07, 6.45) is -1.51. The summed E-state index contributed by atoms with van der Waals surface area (Å²) in [7, 11) is 0. The van der Waals surface area contributed by atoms with Crippen molar-refractivity contribution in [2.45, 2.75) is 64.2 Å². The molecule has 2 aliphatic heterocycles. The molecule has 9 heteroatoms. The van der Waals surface area contributed by atoms with Crippen LogP contribution >= 0.6 is 11.3 Å². The minimum atomic E-state index is -1.08. The maximum Gasteiger partial charge on any atom is 0.243 e. The predicted octanol–water partition coefficient (Wildman–Crippen LogP) is 2.98. The lowest BCUT2D eigenvalue weighted by atomic mass is 9.99. The van der Waals surface area contributed by atoms with E-state index in [-0.39, 0.29) is 24.8 Å². The van der Waals surface area contributed by atoms with Crippen LogP contribution in [0.15, 0.2) is 54.0 Å². The van der Waals surface area contributed by atoms with Crippen molar-refractivity contribution in [2.24, 2.45) is 0 Å². The Bertz CT molecular complexity index is 1310. The van der Waals surface area contributed by atoms with Gasteiger partial charge in [0.1, 0.15) is 12.3 Å². The van der Waals surface area contributed by atoms with Gasteiger partial charge in [0.15, 0.2) is 0 Å². The summed E-state index contributed by atoms with van der Waals surface area (Å²) in [4.78, 5) is 35.5. The molecule has 0 spiro atoms. The van der Waals surface area contributed by atoms with E-state index in [1.807, 2.05) is 61.0 Å². The SMILES string of the molecule is Cc1ncsc1-c1ccc(CNC(=O)[C@@H]2C[C@@H](O)CN2C(=O)C(C)(C)N2Cc3ccccc3C2O)cc1. The van der Waals surface area contributed by atoms with E-state index in [9.17, 15) is 19.8 Å². The molecule has 0 radical (unpaired) electrons. The minimum Gasteiger partial charge on any atom is -0.391 e. The third-order valence-electron chi connectivity index (χ3n) is 7.48. The summed E-state index contributed by atoms with van der Waals surface area (Å²) in [5.74, 6) is -0.589. The van der Waals surface area contributed by atoms with Crippen molar-refractivity contribution < 1.29 is 19.8 Å². The van der Waals surface area contributed by atoms with Crippen molar-refractivity contribution in [3.8, 4) is 10.4 Å². The van der Waals surface area contributed by atoms with Crippen molar-refractivity contribution in [1.82, 2.24) is 20.1 Å². The third-order valence-corrected chi connectivity index (χ3v) is 8.46. The number of hydrogen-bond acceptors (Lipinski definition) is 7. The standard InChI is InChI=1S/C28H32N4O4S/c1-17-24(37-16-30-17)19-10-8-18(9-11-19)13-29-25(34)23-12-21(33)15-31(23)27(36)28(2,3)32-14-20-6-4-5-7-22(20)26(32)35/h4-11,16,21,23,26,33,35H,12-15H2,1-3H3,(H,29,34)/t21-,23+,26?/m1/s1. The molecule has 3 aromatic rings. The first-order chi connectivity index (χ1) is 17.7. The molecule has 1 fully saturated rings. The van der Waals surface area contributed by atoms with Gasteiger partial charge in [-0.05, 0) is 43.0 Å². The van der Waals surface area contributed by atoms with Gasteiger partial charge >= 0.3 is 0 Å². The molecule has 194 valence electrons. The number of aryl methyl sites for hydroxylation is 1. The monoisotopic (exact) mass is 520 g/mol. The summed E-state index contributed by atoms with van der Waals surface area (Å²) in [5.41, 5.74) is 5.52. The fourth-order valence-electron chi connectivity index (χ4n) is 5.29. The number of fused-ring (bicyclic) bond motifs is 1. The zero-order valence-corrected chi connectivity index (χ0v) is 22.0. The van der Waals surface area contributed by atoms with Crippen LogP contribution in [0.3, 0.4) is 0 Å². The number of hydrogen-bond donors (Lipinski definition) is 3. The van der Waals surface area contributed by atoms with E-state index < -0.39 is 23.9 Å². The second-order valence-electron chi connectivity index (χ2n) is 10.3. The molecule has 1 aromatic heterocycles. The highest BCUT2D eigenvalue weighted by molar-refractivity contribution is 7.13. The largest absolute Gasteiger partial charge is 0.391 e. The summed E-state index contributed by atoms with van der Waals surface area (Å²) < 4.78 is 0. The molecular weight excluding hydrogens is 488 g/mol. The first-order valence-corrected chi connectivity index (χ1v) is 13.3. The maximum absolute atomic E-state index is 13.7. The van der Waals surface area contributed by atoms with Crippen LogP contribution in [0.25, 0.3) is 10.4 Å². The smallest absolute Gasteiger partial charge is 0.243 e. The van der Waals surface area contributed by atoms with Gasteiger partial charge in [-0.3, -0.25) is 14.5 Å². The Labute approximate surface area is 220 Å². The maximum atomic E-state index is 13.7. The van der Waals surface area contributed by atoms with Gasteiger partial charge in [-0.15, -0.1) is 11.3 Å². The number of thiazole rings is 1. The molecule has 8 nitrogen and oxygen atoms in total. The van der Waals surface area contributed by atoms with Gasteiger partial charge in [-0.25, -0.2) is 4.98 Å². The van der Waals surface area contributed by atoms with Gasteiger partial charge in [-0.2, -0.15) is 0 Å². The first kappa shape index (κ1) is 25.5. The second kappa shape index (κ2) is 9.98. The highest BCUT2D eigenvalue weighted by Crippen LogP contribution is 2.38. The van der Waals surface area contributed by atoms with E-state index in [1.54, 1.807) is 30.1 Å². The van der Waals surface area contributed by atoms with Crippen molar-refractivity contribution >= 4 is 23.2 Å². The molecule has 5 rings (SSSR count). The van der Waals surface area contributed by atoms with Crippen molar-refractivity contribution in [2.75, 3.05) is 6.54 Å². The van der Waals surface area contributed by atoms with Gasteiger partial charge in [0.2, 0.25) is 11.8 Å². The molecule has 0 saturated carbocycles. The molecule has 2 aliphatic rings. The van der Waals surface area contributed by atoms with Crippen LogP contribution in [0.5, 0.6) is 0 Å². The summed E-state index contributed by atoms with van der Waals surface area (Å²) in [6.45, 7) is 6.33. The highest BCUT2D eigenvalue weighted by atomic mass is 32.1. The van der Waals surface area contributed by atoms with Crippen LogP contribution in [-0.4, -0.2) is 61.0 Å². The van der Waals surface area contributed by atoms with Crippen LogP contribution < -0.4 is 5.32 Å². The zero-order chi connectivity index (χ0) is 26.3. The minimum absolute atomic E-state index is 0.0835. The number of amides is 2. The Kier molecular flexibility index (Phi) is 6.89. The topological polar surface area (TPSA) is 106 Å². The predicted molar refractivity (Wildman–Crippen MR) is 141 cm³/mol. The van der Waals surface area contributed by atoms with Gasteiger partial charge in [0.05, 0.1) is 27.7 Å². The molecule has 2 aromatic carbocycles. The summed E-state index contributed by atoms with van der Waals surface area (Å²) in [6, 6.07) is 14.8. The van der Waals surface area contributed by atoms with E-state index in [4.69, 9.17) is 0 Å². The summed E-state index contributed by atoms with van der Waals surface area (Å²) >= 11 is 1.59. The molecule has 3 heterocycles. The Hall–Kier alpha value is -3.11. The number of aliphatic hydroxyl groups is 2. The van der Waals surface area contributed by atoms with Crippen LogP contribution in [0.4, 0.5) is 0 Å². The third kappa shape index (κ3) is 4.80. The van der Waals surface area contributed by atoms with Crippen LogP contribution in [0, 0.1) is 6.92 Å². The molecule has 1 saturated heterocycles. The Morgan fingerprint density at radius 1 is 1.14 bits per heavy atom. The Morgan fingerprint density at radius 3 is 2.54 bits per heavy atom. The molecule has 0 aliphatic carbocycles. The highest BCUT2D eigenvalue weighted by Gasteiger charge is 2.49. The number of nitrogens with one attached hydrogen (secondary N) is 1. The number of carbonyl (C=O) groups is 2. The molecule has 0 bridgehead atoms. The van der Waals surface area contributed by atoms with Crippen molar-refractivity contribution in [3.63, 3.8) is 0 Å². The first-order valence-electron chi connectivity index (χ1n) is 12.5. The lowest BCUT2D eigenvalue weighted by Crippen LogP contribution is -2.58. The number of nitrogens with zero attached hydrogens (tertiary/aromatic N) is 3. The van der Waals surface area contributed by atoms with Gasteiger partial charge in [0.25, 0.3) is 0 Å². The molecule has 37 heavy (non-hydrogen) atoms. The van der Waals surface area contributed by atoms with Gasteiger partial charge in [0, 0.05) is 26.1 Å². The number of aliphatic hydroxyl groups excluding tert-OH is 2. The van der Waals surface area contributed by atoms with E-state index >= 15 is 0 Å². The number of rotatable bonds is 6.